The van der Waals surface area contributed by atoms with Gasteiger partial charge in [0, 0.05) is 0 Å². The van der Waals surface area contributed by atoms with Gasteiger partial charge in [-0.2, -0.15) is 0 Å². The molecule has 0 aromatic heterocycles. The van der Waals surface area contributed by atoms with E-state index >= 15 is 0 Å². The van der Waals surface area contributed by atoms with Crippen molar-refractivity contribution in [3.05, 3.63) is 0 Å². The van der Waals surface area contributed by atoms with Crippen LogP contribution in [-0.4, -0.2) is 23.5 Å². The number of amides is 1. The minimum absolute atomic E-state index is 0.0484. The highest BCUT2D eigenvalue weighted by molar-refractivity contribution is 5.76. The molecule has 0 bridgehead atoms. The average Bonchev–Trinajstić information content (AvgIpc) is 2.11. The van der Waals surface area contributed by atoms with Gasteiger partial charge in [0.05, 0.1) is 0 Å². The molecular formula is C9H17NO3. The first-order valence-electron chi connectivity index (χ1n) is 4.47. The van der Waals surface area contributed by atoms with E-state index in [1.165, 1.54) is 0 Å². The molecule has 0 saturated carbocycles. The van der Waals surface area contributed by atoms with Crippen molar-refractivity contribution in [2.45, 2.75) is 33.2 Å². The number of hydrogen-bond acceptors (Lipinski definition) is 2. The topological polar surface area (TPSA) is 66.4 Å². The van der Waals surface area contributed by atoms with E-state index in [4.69, 9.17) is 5.11 Å². The van der Waals surface area contributed by atoms with Gasteiger partial charge in [-0.3, -0.25) is 4.79 Å². The van der Waals surface area contributed by atoms with Gasteiger partial charge in [-0.25, -0.2) is 4.79 Å². The SMILES string of the molecule is CCC(C)C(C)C(NC=O)C(=O)O. The molecule has 76 valence electrons. The Kier molecular flexibility index (Phi) is 5.11. The highest BCUT2D eigenvalue weighted by Crippen LogP contribution is 2.18. The van der Waals surface area contributed by atoms with E-state index in [0.717, 1.165) is 6.42 Å². The zero-order chi connectivity index (χ0) is 10.4. The van der Waals surface area contributed by atoms with Crippen molar-refractivity contribution < 1.29 is 14.7 Å². The van der Waals surface area contributed by atoms with Crippen LogP contribution in [0.3, 0.4) is 0 Å². The number of carbonyl (C=O) groups is 2. The van der Waals surface area contributed by atoms with Gasteiger partial charge in [0.2, 0.25) is 6.41 Å². The maximum atomic E-state index is 10.7. The predicted molar refractivity (Wildman–Crippen MR) is 49.2 cm³/mol. The lowest BCUT2D eigenvalue weighted by Crippen LogP contribution is -2.43. The summed E-state index contributed by atoms with van der Waals surface area (Å²) >= 11 is 0. The Morgan fingerprint density at radius 1 is 1.54 bits per heavy atom. The molecule has 0 rings (SSSR count). The van der Waals surface area contributed by atoms with Crippen LogP contribution in [0.15, 0.2) is 0 Å². The molecule has 2 N–H and O–H groups in total. The molecule has 0 aromatic rings. The highest BCUT2D eigenvalue weighted by atomic mass is 16.4. The smallest absolute Gasteiger partial charge is 0.326 e. The maximum absolute atomic E-state index is 10.7. The molecule has 0 heterocycles. The molecule has 0 aromatic carbocycles. The van der Waals surface area contributed by atoms with Gasteiger partial charge in [-0.15, -0.1) is 0 Å². The zero-order valence-corrected chi connectivity index (χ0v) is 8.28. The molecule has 0 aliphatic heterocycles. The Morgan fingerprint density at radius 2 is 2.08 bits per heavy atom. The summed E-state index contributed by atoms with van der Waals surface area (Å²) in [5, 5.41) is 11.1. The van der Waals surface area contributed by atoms with Crippen LogP contribution in [0.4, 0.5) is 0 Å². The Labute approximate surface area is 78.3 Å². The second kappa shape index (κ2) is 5.56. The van der Waals surface area contributed by atoms with E-state index in [0.29, 0.717) is 6.41 Å². The van der Waals surface area contributed by atoms with Crippen LogP contribution in [0.2, 0.25) is 0 Å². The summed E-state index contributed by atoms with van der Waals surface area (Å²) < 4.78 is 0. The minimum atomic E-state index is -0.972. The summed E-state index contributed by atoms with van der Waals surface area (Å²) in [4.78, 5) is 20.9. The van der Waals surface area contributed by atoms with Crippen molar-refractivity contribution in [3.8, 4) is 0 Å². The van der Waals surface area contributed by atoms with E-state index < -0.39 is 12.0 Å². The van der Waals surface area contributed by atoms with Crippen molar-refractivity contribution in [2.75, 3.05) is 0 Å². The summed E-state index contributed by atoms with van der Waals surface area (Å²) in [6.07, 6.45) is 1.35. The fourth-order valence-corrected chi connectivity index (χ4v) is 1.22. The lowest BCUT2D eigenvalue weighted by Gasteiger charge is -2.24. The quantitative estimate of drug-likeness (QED) is 0.606. The van der Waals surface area contributed by atoms with Crippen LogP contribution in [0.25, 0.3) is 0 Å². The molecule has 0 aliphatic carbocycles. The van der Waals surface area contributed by atoms with Crippen molar-refractivity contribution in [2.24, 2.45) is 11.8 Å². The third-order valence-electron chi connectivity index (χ3n) is 2.58. The number of carboxylic acid groups (broad SMARTS) is 1. The molecular weight excluding hydrogens is 170 g/mol. The second-order valence-electron chi connectivity index (χ2n) is 3.35. The predicted octanol–water partition coefficient (Wildman–Crippen LogP) is 0.868. The first-order chi connectivity index (χ1) is 6.04. The molecule has 0 fully saturated rings. The number of carboxylic acids is 1. The Morgan fingerprint density at radius 3 is 2.38 bits per heavy atom. The second-order valence-corrected chi connectivity index (χ2v) is 3.35. The number of rotatable bonds is 6. The van der Waals surface area contributed by atoms with Crippen molar-refractivity contribution in [1.82, 2.24) is 5.32 Å². The average molecular weight is 187 g/mol. The first-order valence-corrected chi connectivity index (χ1v) is 4.47. The molecule has 0 saturated heterocycles. The Balaban J connectivity index is 4.34. The molecule has 0 spiro atoms. The van der Waals surface area contributed by atoms with Gasteiger partial charge >= 0.3 is 5.97 Å². The van der Waals surface area contributed by atoms with Gasteiger partial charge < -0.3 is 10.4 Å². The molecule has 0 radical (unpaired) electrons. The first kappa shape index (κ1) is 11.9. The summed E-state index contributed by atoms with van der Waals surface area (Å²) in [7, 11) is 0. The number of carbonyl (C=O) groups excluding carboxylic acids is 1. The molecule has 4 heteroatoms. The van der Waals surface area contributed by atoms with Crippen molar-refractivity contribution >= 4 is 12.4 Å². The number of hydrogen-bond donors (Lipinski definition) is 2. The van der Waals surface area contributed by atoms with E-state index in [2.05, 4.69) is 5.32 Å². The van der Waals surface area contributed by atoms with Crippen LogP contribution >= 0.6 is 0 Å². The summed E-state index contributed by atoms with van der Waals surface area (Å²) in [6.45, 7) is 5.82. The van der Waals surface area contributed by atoms with Crippen LogP contribution in [0.5, 0.6) is 0 Å². The van der Waals surface area contributed by atoms with Gasteiger partial charge in [0.15, 0.2) is 0 Å². The van der Waals surface area contributed by atoms with Gasteiger partial charge in [0.1, 0.15) is 6.04 Å². The van der Waals surface area contributed by atoms with Gasteiger partial charge in [-0.05, 0) is 11.8 Å². The summed E-state index contributed by atoms with van der Waals surface area (Å²) in [5.41, 5.74) is 0. The van der Waals surface area contributed by atoms with E-state index in [1.807, 2.05) is 20.8 Å². The van der Waals surface area contributed by atoms with Crippen molar-refractivity contribution in [1.29, 1.82) is 0 Å². The molecule has 3 unspecified atom stereocenters. The zero-order valence-electron chi connectivity index (χ0n) is 8.28. The highest BCUT2D eigenvalue weighted by Gasteiger charge is 2.27. The summed E-state index contributed by atoms with van der Waals surface area (Å²) in [5.74, 6) is -0.735. The third kappa shape index (κ3) is 3.44. The Hall–Kier alpha value is -1.06. The van der Waals surface area contributed by atoms with Crippen molar-refractivity contribution in [3.63, 3.8) is 0 Å². The minimum Gasteiger partial charge on any atom is -0.480 e. The third-order valence-corrected chi connectivity index (χ3v) is 2.58. The Bertz CT molecular complexity index is 182. The molecule has 4 nitrogen and oxygen atoms in total. The van der Waals surface area contributed by atoms with Gasteiger partial charge in [-0.1, -0.05) is 27.2 Å². The fourth-order valence-electron chi connectivity index (χ4n) is 1.22. The molecule has 0 aliphatic rings. The number of nitrogens with one attached hydrogen (secondary N) is 1. The standard InChI is InChI=1S/C9H17NO3/c1-4-6(2)7(3)8(9(12)13)10-5-11/h5-8H,4H2,1-3H3,(H,10,11)(H,12,13). The van der Waals surface area contributed by atoms with E-state index in [1.54, 1.807) is 0 Å². The van der Waals surface area contributed by atoms with E-state index in [-0.39, 0.29) is 11.8 Å². The maximum Gasteiger partial charge on any atom is 0.326 e. The molecule has 3 atom stereocenters. The monoisotopic (exact) mass is 187 g/mol. The molecule has 1 amide bonds. The lowest BCUT2D eigenvalue weighted by atomic mass is 9.87. The normalized spacial score (nSPS) is 17.2. The van der Waals surface area contributed by atoms with Crippen LogP contribution < -0.4 is 5.32 Å². The summed E-state index contributed by atoms with van der Waals surface area (Å²) in [6, 6.07) is -0.771. The van der Waals surface area contributed by atoms with Gasteiger partial charge in [0.25, 0.3) is 0 Å². The number of aliphatic carboxylic acids is 1. The lowest BCUT2D eigenvalue weighted by molar-refractivity contribution is -0.142. The molecule has 13 heavy (non-hydrogen) atoms. The largest absolute Gasteiger partial charge is 0.480 e. The van der Waals surface area contributed by atoms with Crippen LogP contribution in [-0.2, 0) is 9.59 Å². The van der Waals surface area contributed by atoms with Crippen LogP contribution in [0, 0.1) is 11.8 Å². The van der Waals surface area contributed by atoms with Crippen LogP contribution in [0.1, 0.15) is 27.2 Å². The van der Waals surface area contributed by atoms with E-state index in [9.17, 15) is 9.59 Å². The fraction of sp³-hybridized carbons (Fsp3) is 0.778.